The van der Waals surface area contributed by atoms with Gasteiger partial charge >= 0.3 is 0 Å². The average Bonchev–Trinajstić information content (AvgIpc) is 3.00. The van der Waals surface area contributed by atoms with Crippen LogP contribution in [-0.4, -0.2) is 40.0 Å². The second-order valence-corrected chi connectivity index (χ2v) is 3.96. The molecule has 0 unspecified atom stereocenters. The number of hydrogen-bond acceptors (Lipinski definition) is 6. The molecule has 1 aliphatic heterocycles. The van der Waals surface area contributed by atoms with Crippen molar-refractivity contribution in [2.75, 3.05) is 19.5 Å². The molecule has 0 aliphatic carbocycles. The first-order valence-corrected chi connectivity index (χ1v) is 5.69. The molecule has 0 saturated heterocycles. The molecule has 3 heterocycles. The van der Waals surface area contributed by atoms with E-state index in [2.05, 4.69) is 30.6 Å². The molecule has 0 bridgehead atoms. The number of aromatic amines is 1. The lowest BCUT2D eigenvalue weighted by Gasteiger charge is -2.06. The minimum atomic E-state index is -0.177. The average molecular weight is 260 g/mol. The Hall–Kier alpha value is -2.64. The van der Waals surface area contributed by atoms with Gasteiger partial charge in [-0.05, 0) is 0 Å². The molecule has 3 N–H and O–H groups in total. The van der Waals surface area contributed by atoms with Crippen LogP contribution in [0.3, 0.4) is 0 Å². The van der Waals surface area contributed by atoms with Crippen molar-refractivity contribution in [2.45, 2.75) is 6.54 Å². The van der Waals surface area contributed by atoms with Crippen molar-refractivity contribution < 1.29 is 9.53 Å². The van der Waals surface area contributed by atoms with Crippen LogP contribution < -0.4 is 15.4 Å². The molecule has 19 heavy (non-hydrogen) atoms. The molecule has 2 aromatic rings. The number of anilines is 1. The number of H-pyrrole nitrogens is 1. The number of amides is 1. The van der Waals surface area contributed by atoms with E-state index in [1.165, 1.54) is 7.11 Å². The molecule has 8 nitrogen and oxygen atoms in total. The zero-order chi connectivity index (χ0) is 13.4. The molecule has 0 spiro atoms. The minimum Gasteiger partial charge on any atom is -0.480 e. The Bertz CT molecular complexity index is 651. The Morgan fingerprint density at radius 2 is 2.26 bits per heavy atom. The lowest BCUT2D eigenvalue weighted by Crippen LogP contribution is -2.14. The van der Waals surface area contributed by atoms with Crippen LogP contribution in [0.15, 0.2) is 6.20 Å². The quantitative estimate of drug-likeness (QED) is 0.726. The highest BCUT2D eigenvalue weighted by molar-refractivity contribution is 5.96. The van der Waals surface area contributed by atoms with Gasteiger partial charge in [-0.3, -0.25) is 4.79 Å². The highest BCUT2D eigenvalue weighted by Crippen LogP contribution is 2.27. The van der Waals surface area contributed by atoms with Crippen molar-refractivity contribution in [3.63, 3.8) is 0 Å². The van der Waals surface area contributed by atoms with E-state index in [9.17, 15) is 4.79 Å². The number of methoxy groups -OCH3 is 1. The first kappa shape index (κ1) is 11.5. The number of hydrogen-bond donors (Lipinski definition) is 3. The second-order valence-electron chi connectivity index (χ2n) is 3.96. The Kier molecular flexibility index (Phi) is 2.55. The van der Waals surface area contributed by atoms with Gasteiger partial charge in [0.15, 0.2) is 5.69 Å². The summed E-state index contributed by atoms with van der Waals surface area (Å²) in [5.74, 6) is 1.20. The Morgan fingerprint density at radius 1 is 1.42 bits per heavy atom. The Balaban J connectivity index is 2.07. The SMILES string of the molecule is CNc1ncc(-c2nc3c([nH]2)CNC3=O)c(OC)n1. The highest BCUT2D eigenvalue weighted by Gasteiger charge is 2.25. The summed E-state index contributed by atoms with van der Waals surface area (Å²) in [6.45, 7) is 0.457. The topological polar surface area (TPSA) is 105 Å². The van der Waals surface area contributed by atoms with Crippen LogP contribution in [0.2, 0.25) is 0 Å². The van der Waals surface area contributed by atoms with Crippen LogP contribution in [0.5, 0.6) is 5.88 Å². The van der Waals surface area contributed by atoms with Gasteiger partial charge in [-0.15, -0.1) is 0 Å². The Labute approximate surface area is 108 Å². The van der Waals surface area contributed by atoms with Gasteiger partial charge in [0.1, 0.15) is 5.82 Å². The number of fused-ring (bicyclic) bond motifs is 1. The Morgan fingerprint density at radius 3 is 2.95 bits per heavy atom. The number of carbonyl (C=O) groups excluding carboxylic acids is 1. The van der Waals surface area contributed by atoms with Gasteiger partial charge in [-0.1, -0.05) is 0 Å². The van der Waals surface area contributed by atoms with Gasteiger partial charge in [0.2, 0.25) is 11.8 Å². The first-order chi connectivity index (χ1) is 9.22. The molecule has 0 radical (unpaired) electrons. The third-order valence-electron chi connectivity index (χ3n) is 2.85. The fraction of sp³-hybridized carbons (Fsp3) is 0.273. The molecule has 0 atom stereocenters. The molecule has 98 valence electrons. The fourth-order valence-corrected chi connectivity index (χ4v) is 1.91. The van der Waals surface area contributed by atoms with Crippen LogP contribution in [0.1, 0.15) is 16.2 Å². The van der Waals surface area contributed by atoms with Crippen molar-refractivity contribution in [3.05, 3.63) is 17.6 Å². The van der Waals surface area contributed by atoms with Crippen molar-refractivity contribution in [3.8, 4) is 17.3 Å². The molecular weight excluding hydrogens is 248 g/mol. The third-order valence-corrected chi connectivity index (χ3v) is 2.85. The van der Waals surface area contributed by atoms with Crippen molar-refractivity contribution in [1.29, 1.82) is 0 Å². The minimum absolute atomic E-state index is 0.177. The number of nitrogens with one attached hydrogen (secondary N) is 3. The summed E-state index contributed by atoms with van der Waals surface area (Å²) in [5.41, 5.74) is 1.79. The summed E-state index contributed by atoms with van der Waals surface area (Å²) in [7, 11) is 3.24. The molecule has 8 heteroatoms. The number of carbonyl (C=O) groups is 1. The maximum absolute atomic E-state index is 11.5. The number of nitrogens with zero attached hydrogens (tertiary/aromatic N) is 3. The van der Waals surface area contributed by atoms with E-state index in [-0.39, 0.29) is 5.91 Å². The van der Waals surface area contributed by atoms with E-state index >= 15 is 0 Å². The van der Waals surface area contributed by atoms with Gasteiger partial charge in [0.05, 0.1) is 24.9 Å². The van der Waals surface area contributed by atoms with E-state index < -0.39 is 0 Å². The molecule has 0 fully saturated rings. The lowest BCUT2D eigenvalue weighted by atomic mass is 10.3. The normalized spacial score (nSPS) is 13.1. The summed E-state index contributed by atoms with van der Waals surface area (Å²) in [6.07, 6.45) is 1.60. The van der Waals surface area contributed by atoms with Crippen LogP contribution >= 0.6 is 0 Å². The highest BCUT2D eigenvalue weighted by atomic mass is 16.5. The smallest absolute Gasteiger partial charge is 0.272 e. The predicted molar refractivity (Wildman–Crippen MR) is 66.9 cm³/mol. The van der Waals surface area contributed by atoms with Gasteiger partial charge in [-0.2, -0.15) is 4.98 Å². The zero-order valence-electron chi connectivity index (χ0n) is 10.4. The first-order valence-electron chi connectivity index (χ1n) is 5.69. The standard InChI is InChI=1S/C11H12N6O2/c1-12-11-14-3-5(10(17-11)19-2)8-15-6-4-13-9(18)7(6)16-8/h3H,4H2,1-2H3,(H,13,18)(H,15,16)(H,12,14,17). The predicted octanol–water partition coefficient (Wildman–Crippen LogP) is 0.160. The van der Waals surface area contributed by atoms with E-state index in [4.69, 9.17) is 4.74 Å². The lowest BCUT2D eigenvalue weighted by molar-refractivity contribution is 0.0961. The monoisotopic (exact) mass is 260 g/mol. The van der Waals surface area contributed by atoms with E-state index in [0.29, 0.717) is 35.5 Å². The van der Waals surface area contributed by atoms with Crippen LogP contribution in [0, 0.1) is 0 Å². The molecular formula is C11H12N6O2. The van der Waals surface area contributed by atoms with E-state index in [1.54, 1.807) is 13.2 Å². The molecule has 1 amide bonds. The molecule has 0 saturated carbocycles. The maximum Gasteiger partial charge on any atom is 0.272 e. The molecule has 3 rings (SSSR count). The van der Waals surface area contributed by atoms with Gasteiger partial charge in [-0.25, -0.2) is 9.97 Å². The van der Waals surface area contributed by atoms with E-state index in [0.717, 1.165) is 5.69 Å². The van der Waals surface area contributed by atoms with Crippen molar-refractivity contribution in [2.24, 2.45) is 0 Å². The zero-order valence-corrected chi connectivity index (χ0v) is 10.4. The number of imidazole rings is 1. The molecule has 2 aromatic heterocycles. The van der Waals surface area contributed by atoms with E-state index in [1.807, 2.05) is 0 Å². The van der Waals surface area contributed by atoms with Gasteiger partial charge in [0, 0.05) is 13.2 Å². The third kappa shape index (κ3) is 1.77. The number of ether oxygens (including phenoxy) is 1. The number of rotatable bonds is 3. The maximum atomic E-state index is 11.5. The summed E-state index contributed by atoms with van der Waals surface area (Å²) < 4.78 is 5.22. The van der Waals surface area contributed by atoms with Crippen molar-refractivity contribution in [1.82, 2.24) is 25.3 Å². The van der Waals surface area contributed by atoms with Crippen LogP contribution in [-0.2, 0) is 6.54 Å². The second kappa shape index (κ2) is 4.23. The summed E-state index contributed by atoms with van der Waals surface area (Å²) >= 11 is 0. The van der Waals surface area contributed by atoms with Gasteiger partial charge < -0.3 is 20.4 Å². The number of aromatic nitrogens is 4. The van der Waals surface area contributed by atoms with Crippen molar-refractivity contribution >= 4 is 11.9 Å². The largest absolute Gasteiger partial charge is 0.480 e. The molecule has 1 aliphatic rings. The van der Waals surface area contributed by atoms with Crippen LogP contribution in [0.25, 0.3) is 11.4 Å². The van der Waals surface area contributed by atoms with Gasteiger partial charge in [0.25, 0.3) is 5.91 Å². The molecule has 0 aromatic carbocycles. The summed E-state index contributed by atoms with van der Waals surface area (Å²) in [4.78, 5) is 27.1. The fourth-order valence-electron chi connectivity index (χ4n) is 1.91. The summed E-state index contributed by atoms with van der Waals surface area (Å²) in [6, 6.07) is 0. The summed E-state index contributed by atoms with van der Waals surface area (Å²) in [5, 5.41) is 5.51. The van der Waals surface area contributed by atoms with Crippen LogP contribution in [0.4, 0.5) is 5.95 Å².